The molecule has 19 heavy (non-hydrogen) atoms. The molecule has 0 aliphatic heterocycles. The van der Waals surface area contributed by atoms with Crippen molar-refractivity contribution in [1.29, 1.82) is 0 Å². The highest BCUT2D eigenvalue weighted by Gasteiger charge is 2.16. The maximum atomic E-state index is 12.3. The summed E-state index contributed by atoms with van der Waals surface area (Å²) >= 11 is 9.75. The van der Waals surface area contributed by atoms with Gasteiger partial charge in [0, 0.05) is 13.5 Å². The van der Waals surface area contributed by atoms with Crippen LogP contribution in [-0.4, -0.2) is 5.91 Å². The van der Waals surface area contributed by atoms with E-state index in [1.165, 1.54) is 4.88 Å². The third-order valence-electron chi connectivity index (χ3n) is 2.77. The highest BCUT2D eigenvalue weighted by molar-refractivity contribution is 14.1. The van der Waals surface area contributed by atoms with Crippen LogP contribution in [0.5, 0.6) is 0 Å². The van der Waals surface area contributed by atoms with Gasteiger partial charge in [0.15, 0.2) is 0 Å². The van der Waals surface area contributed by atoms with Crippen molar-refractivity contribution >= 4 is 51.4 Å². The van der Waals surface area contributed by atoms with Crippen molar-refractivity contribution in [3.63, 3.8) is 0 Å². The first-order chi connectivity index (χ1) is 9.11. The number of nitrogens with one attached hydrogen (secondary N) is 1. The Labute approximate surface area is 135 Å². The second-order valence-electron chi connectivity index (χ2n) is 4.07. The molecule has 0 saturated carbocycles. The van der Waals surface area contributed by atoms with E-state index in [0.29, 0.717) is 10.6 Å². The van der Waals surface area contributed by atoms with E-state index in [9.17, 15) is 4.79 Å². The zero-order valence-electron chi connectivity index (χ0n) is 10.3. The number of benzene rings is 1. The van der Waals surface area contributed by atoms with Crippen molar-refractivity contribution in [3.05, 3.63) is 54.7 Å². The average molecular weight is 406 g/mol. The van der Waals surface area contributed by atoms with Gasteiger partial charge in [-0.15, -0.1) is 11.3 Å². The van der Waals surface area contributed by atoms with Crippen LogP contribution in [0.1, 0.15) is 34.6 Å². The first kappa shape index (κ1) is 14.8. The number of amides is 1. The minimum absolute atomic E-state index is 0.0577. The molecule has 1 N–H and O–H groups in total. The predicted molar refractivity (Wildman–Crippen MR) is 89.0 cm³/mol. The van der Waals surface area contributed by atoms with E-state index in [1.54, 1.807) is 23.5 Å². The van der Waals surface area contributed by atoms with Gasteiger partial charge in [-0.05, 0) is 58.7 Å². The largest absolute Gasteiger partial charge is 0.344 e. The number of thiophene rings is 1. The van der Waals surface area contributed by atoms with Crippen LogP contribution >= 0.6 is 45.5 Å². The average Bonchev–Trinajstić information content (AvgIpc) is 2.92. The van der Waals surface area contributed by atoms with Crippen LogP contribution in [-0.2, 0) is 0 Å². The van der Waals surface area contributed by atoms with Crippen molar-refractivity contribution in [3.8, 4) is 0 Å². The third-order valence-corrected chi connectivity index (χ3v) is 4.93. The molecular formula is C14H13ClINOS. The van der Waals surface area contributed by atoms with E-state index in [-0.39, 0.29) is 11.9 Å². The lowest BCUT2D eigenvalue weighted by atomic mass is 10.1. The Morgan fingerprint density at radius 3 is 2.89 bits per heavy atom. The first-order valence-corrected chi connectivity index (χ1v) is 8.24. The molecule has 1 heterocycles. The van der Waals surface area contributed by atoms with Crippen molar-refractivity contribution in [2.45, 2.75) is 19.4 Å². The smallest absolute Gasteiger partial charge is 0.252 e. The zero-order valence-corrected chi connectivity index (χ0v) is 14.1. The SMILES string of the molecule is CCC(NC(=O)c1cc(Cl)ccc1I)c1cccs1. The fourth-order valence-electron chi connectivity index (χ4n) is 1.77. The van der Waals surface area contributed by atoms with Crippen molar-refractivity contribution in [1.82, 2.24) is 5.32 Å². The molecule has 1 amide bonds. The quantitative estimate of drug-likeness (QED) is 0.721. The molecule has 0 radical (unpaired) electrons. The highest BCUT2D eigenvalue weighted by Crippen LogP contribution is 2.23. The molecule has 2 aromatic rings. The van der Waals surface area contributed by atoms with E-state index in [2.05, 4.69) is 34.8 Å². The summed E-state index contributed by atoms with van der Waals surface area (Å²) in [5.74, 6) is -0.0767. The number of hydrogen-bond donors (Lipinski definition) is 1. The van der Waals surface area contributed by atoms with Crippen LogP contribution in [0.3, 0.4) is 0 Å². The molecule has 1 aromatic heterocycles. The van der Waals surface area contributed by atoms with Gasteiger partial charge in [-0.25, -0.2) is 0 Å². The highest BCUT2D eigenvalue weighted by atomic mass is 127. The normalized spacial score (nSPS) is 12.2. The van der Waals surface area contributed by atoms with Gasteiger partial charge in [-0.3, -0.25) is 4.79 Å². The molecule has 100 valence electrons. The van der Waals surface area contributed by atoms with E-state index < -0.39 is 0 Å². The van der Waals surface area contributed by atoms with Gasteiger partial charge in [0.2, 0.25) is 0 Å². The topological polar surface area (TPSA) is 29.1 Å². The summed E-state index contributed by atoms with van der Waals surface area (Å²) in [5.41, 5.74) is 0.628. The minimum Gasteiger partial charge on any atom is -0.344 e. The second kappa shape index (κ2) is 6.72. The Morgan fingerprint density at radius 1 is 1.47 bits per heavy atom. The van der Waals surface area contributed by atoms with Crippen LogP contribution < -0.4 is 5.32 Å². The van der Waals surface area contributed by atoms with Crippen LogP contribution in [0.4, 0.5) is 0 Å². The molecule has 2 rings (SSSR count). The predicted octanol–water partition coefficient (Wildman–Crippen LogP) is 4.89. The Balaban J connectivity index is 2.18. The summed E-state index contributed by atoms with van der Waals surface area (Å²) in [4.78, 5) is 13.5. The summed E-state index contributed by atoms with van der Waals surface area (Å²) in [6.07, 6.45) is 0.864. The molecule has 0 aliphatic carbocycles. The molecule has 5 heteroatoms. The summed E-state index contributed by atoms with van der Waals surface area (Å²) in [7, 11) is 0. The number of carbonyl (C=O) groups is 1. The lowest BCUT2D eigenvalue weighted by Gasteiger charge is -2.16. The molecule has 1 atom stereocenters. The number of rotatable bonds is 4. The fourth-order valence-corrected chi connectivity index (χ4v) is 3.39. The standard InChI is InChI=1S/C14H13ClINOS/c1-2-12(13-4-3-7-19-13)17-14(18)10-8-9(15)5-6-11(10)16/h3-8,12H,2H2,1H3,(H,17,18). The van der Waals surface area contributed by atoms with E-state index >= 15 is 0 Å². The van der Waals surface area contributed by atoms with Gasteiger partial charge in [0.25, 0.3) is 5.91 Å². The van der Waals surface area contributed by atoms with Gasteiger partial charge < -0.3 is 5.32 Å². The number of carbonyl (C=O) groups excluding carboxylic acids is 1. The molecule has 2 nitrogen and oxygen atoms in total. The Hall–Kier alpha value is -0.590. The lowest BCUT2D eigenvalue weighted by molar-refractivity contribution is 0.0935. The number of halogens is 2. The van der Waals surface area contributed by atoms with Gasteiger partial charge in [-0.1, -0.05) is 24.6 Å². The minimum atomic E-state index is -0.0767. The van der Waals surface area contributed by atoms with Gasteiger partial charge in [0.05, 0.1) is 11.6 Å². The van der Waals surface area contributed by atoms with Gasteiger partial charge >= 0.3 is 0 Å². The van der Waals surface area contributed by atoms with Crippen LogP contribution in [0.25, 0.3) is 0 Å². The summed E-state index contributed by atoms with van der Waals surface area (Å²) in [6.45, 7) is 2.06. The second-order valence-corrected chi connectivity index (χ2v) is 6.65. The Bertz CT molecular complexity index is 571. The number of hydrogen-bond acceptors (Lipinski definition) is 2. The summed E-state index contributed by atoms with van der Waals surface area (Å²) in [5, 5.41) is 5.66. The van der Waals surface area contributed by atoms with E-state index in [4.69, 9.17) is 11.6 Å². The molecule has 0 spiro atoms. The lowest BCUT2D eigenvalue weighted by Crippen LogP contribution is -2.28. The maximum Gasteiger partial charge on any atom is 0.252 e. The third kappa shape index (κ3) is 3.70. The molecule has 0 aliphatic rings. The molecular weight excluding hydrogens is 393 g/mol. The molecule has 0 saturated heterocycles. The van der Waals surface area contributed by atoms with Gasteiger partial charge in [-0.2, -0.15) is 0 Å². The zero-order chi connectivity index (χ0) is 13.8. The van der Waals surface area contributed by atoms with Crippen molar-refractivity contribution in [2.75, 3.05) is 0 Å². The first-order valence-electron chi connectivity index (χ1n) is 5.91. The summed E-state index contributed by atoms with van der Waals surface area (Å²) < 4.78 is 0.903. The van der Waals surface area contributed by atoms with Gasteiger partial charge in [0.1, 0.15) is 0 Å². The monoisotopic (exact) mass is 405 g/mol. The summed E-state index contributed by atoms with van der Waals surface area (Å²) in [6, 6.07) is 9.45. The van der Waals surface area contributed by atoms with Crippen LogP contribution in [0.2, 0.25) is 5.02 Å². The molecule has 0 fully saturated rings. The maximum absolute atomic E-state index is 12.3. The molecule has 0 bridgehead atoms. The van der Waals surface area contributed by atoms with E-state index in [0.717, 1.165) is 9.99 Å². The Morgan fingerprint density at radius 2 is 2.26 bits per heavy atom. The van der Waals surface area contributed by atoms with Crippen molar-refractivity contribution in [2.24, 2.45) is 0 Å². The van der Waals surface area contributed by atoms with Crippen LogP contribution in [0, 0.1) is 3.57 Å². The van der Waals surface area contributed by atoms with Crippen molar-refractivity contribution < 1.29 is 4.79 Å². The van der Waals surface area contributed by atoms with E-state index in [1.807, 2.05) is 23.6 Å². The van der Waals surface area contributed by atoms with Crippen LogP contribution in [0.15, 0.2) is 35.7 Å². The fraction of sp³-hybridized carbons (Fsp3) is 0.214. The molecule has 1 unspecified atom stereocenters. The molecule has 1 aromatic carbocycles. The Kier molecular flexibility index (Phi) is 5.24.